The molecule has 0 aliphatic heterocycles. The quantitative estimate of drug-likeness (QED) is 0.433. The monoisotopic (exact) mass is 402 g/mol. The van der Waals surface area contributed by atoms with Gasteiger partial charge in [0.1, 0.15) is 0 Å². The van der Waals surface area contributed by atoms with Gasteiger partial charge in [0, 0.05) is 41.5 Å². The Morgan fingerprint density at radius 1 is 0.542 bits per heavy atom. The average Bonchev–Trinajstić information content (AvgIpc) is 2.58. The molecule has 150 valence electrons. The predicted molar refractivity (Wildman–Crippen MR) is 105 cm³/mol. The standard InChI is InChI=1S/C6H16OSi.3C4H10O.Ti/c1-4-8(7,5-2)6-3;3*1-2-3-4-5;/h7H,4-6H2,1-3H3;3*5H,2-4H2,1H3;. The van der Waals surface area contributed by atoms with Crippen LogP contribution in [0.4, 0.5) is 0 Å². The minimum absolute atomic E-state index is 0. The summed E-state index contributed by atoms with van der Waals surface area (Å²) in [5.74, 6) is 0. The first-order chi connectivity index (χ1) is 10.9. The van der Waals surface area contributed by atoms with Gasteiger partial charge in [-0.05, 0) is 37.4 Å². The van der Waals surface area contributed by atoms with Gasteiger partial charge in [-0.25, -0.2) is 0 Å². The van der Waals surface area contributed by atoms with Crippen molar-refractivity contribution in [3.63, 3.8) is 0 Å². The Hall–Kier alpha value is 0.771. The zero-order valence-electron chi connectivity index (χ0n) is 17.3. The summed E-state index contributed by atoms with van der Waals surface area (Å²) in [6.07, 6.45) is 6.11. The van der Waals surface area contributed by atoms with Crippen molar-refractivity contribution in [3.8, 4) is 0 Å². The third-order valence-electron chi connectivity index (χ3n) is 3.51. The molecular weight excluding hydrogens is 356 g/mol. The van der Waals surface area contributed by atoms with E-state index in [9.17, 15) is 4.80 Å². The van der Waals surface area contributed by atoms with Crippen LogP contribution >= 0.6 is 0 Å². The fourth-order valence-electron chi connectivity index (χ4n) is 1.22. The summed E-state index contributed by atoms with van der Waals surface area (Å²) in [6, 6.07) is 3.04. The van der Waals surface area contributed by atoms with Crippen molar-refractivity contribution in [1.82, 2.24) is 0 Å². The molecule has 0 amide bonds. The van der Waals surface area contributed by atoms with Crippen LogP contribution in [-0.4, -0.2) is 48.3 Å². The fourth-order valence-corrected chi connectivity index (χ4v) is 2.72. The molecule has 0 saturated heterocycles. The van der Waals surface area contributed by atoms with E-state index in [2.05, 4.69) is 41.5 Å². The minimum atomic E-state index is -1.67. The molecule has 4 N–H and O–H groups in total. The summed E-state index contributed by atoms with van der Waals surface area (Å²) in [5, 5.41) is 24.2. The summed E-state index contributed by atoms with van der Waals surface area (Å²) in [7, 11) is -1.67. The minimum Gasteiger partial charge on any atom is -0.432 e. The van der Waals surface area contributed by atoms with E-state index in [0.29, 0.717) is 19.8 Å². The van der Waals surface area contributed by atoms with Gasteiger partial charge in [-0.2, -0.15) is 0 Å². The molecule has 0 unspecified atom stereocenters. The molecule has 0 atom stereocenters. The van der Waals surface area contributed by atoms with Crippen molar-refractivity contribution in [1.29, 1.82) is 0 Å². The molecule has 0 bridgehead atoms. The van der Waals surface area contributed by atoms with Crippen LogP contribution in [0.5, 0.6) is 0 Å². The molecule has 0 saturated carbocycles. The third kappa shape index (κ3) is 43.4. The van der Waals surface area contributed by atoms with Gasteiger partial charge in [-0.15, -0.1) is 0 Å². The molecular formula is C18H46O4SiTi. The molecule has 0 heterocycles. The van der Waals surface area contributed by atoms with Gasteiger partial charge < -0.3 is 20.1 Å². The van der Waals surface area contributed by atoms with Crippen molar-refractivity contribution in [2.45, 2.75) is 98.2 Å². The van der Waals surface area contributed by atoms with Gasteiger partial charge in [0.25, 0.3) is 0 Å². The maximum Gasteiger partial charge on any atom is 0.187 e. The normalized spacial score (nSPS) is 9.25. The zero-order valence-corrected chi connectivity index (χ0v) is 19.8. The first-order valence-corrected chi connectivity index (χ1v) is 12.0. The fraction of sp³-hybridized carbons (Fsp3) is 1.00. The summed E-state index contributed by atoms with van der Waals surface area (Å²) < 4.78 is 0. The molecule has 0 aromatic rings. The largest absolute Gasteiger partial charge is 0.432 e. The van der Waals surface area contributed by atoms with Gasteiger partial charge in [0.15, 0.2) is 8.32 Å². The van der Waals surface area contributed by atoms with Crippen molar-refractivity contribution >= 4 is 8.32 Å². The van der Waals surface area contributed by atoms with Crippen LogP contribution < -0.4 is 0 Å². The first kappa shape index (κ1) is 35.8. The average molecular weight is 403 g/mol. The maximum absolute atomic E-state index is 9.58. The van der Waals surface area contributed by atoms with Crippen molar-refractivity contribution < 1.29 is 41.8 Å². The number of hydrogen-bond acceptors (Lipinski definition) is 4. The molecule has 24 heavy (non-hydrogen) atoms. The number of hydrogen-bond donors (Lipinski definition) is 4. The number of rotatable bonds is 9. The van der Waals surface area contributed by atoms with E-state index in [-0.39, 0.29) is 21.7 Å². The van der Waals surface area contributed by atoms with E-state index in [1.165, 1.54) is 0 Å². The van der Waals surface area contributed by atoms with E-state index < -0.39 is 8.32 Å². The number of aliphatic hydroxyl groups excluding tert-OH is 3. The predicted octanol–water partition coefficient (Wildman–Crippen LogP) is 4.32. The second-order valence-corrected chi connectivity index (χ2v) is 10.1. The van der Waals surface area contributed by atoms with E-state index >= 15 is 0 Å². The Kier molecular flexibility index (Phi) is 52.2. The number of unbranched alkanes of at least 4 members (excludes halogenated alkanes) is 3. The van der Waals surface area contributed by atoms with E-state index in [1.54, 1.807) is 0 Å². The molecule has 0 aliphatic rings. The van der Waals surface area contributed by atoms with Crippen LogP contribution in [0.15, 0.2) is 0 Å². The van der Waals surface area contributed by atoms with Crippen molar-refractivity contribution in [2.24, 2.45) is 0 Å². The van der Waals surface area contributed by atoms with Crippen LogP contribution in [0.3, 0.4) is 0 Å². The topological polar surface area (TPSA) is 80.9 Å². The Morgan fingerprint density at radius 3 is 0.750 bits per heavy atom. The van der Waals surface area contributed by atoms with Gasteiger partial charge >= 0.3 is 0 Å². The molecule has 0 aliphatic carbocycles. The molecule has 0 aromatic heterocycles. The summed E-state index contributed by atoms with van der Waals surface area (Å²) in [5.41, 5.74) is 0. The molecule has 0 aromatic carbocycles. The van der Waals surface area contributed by atoms with Gasteiger partial charge in [0.05, 0.1) is 0 Å². The summed E-state index contributed by atoms with van der Waals surface area (Å²) >= 11 is 0. The second kappa shape index (κ2) is 35.0. The third-order valence-corrected chi connectivity index (χ3v) is 7.46. The second-order valence-electron chi connectivity index (χ2n) is 5.52. The van der Waals surface area contributed by atoms with Crippen LogP contribution in [-0.2, 0) is 21.7 Å². The smallest absolute Gasteiger partial charge is 0.187 e. The van der Waals surface area contributed by atoms with Crippen LogP contribution in [0, 0.1) is 0 Å². The van der Waals surface area contributed by atoms with Gasteiger partial charge in [-0.1, -0.05) is 60.8 Å². The first-order valence-electron chi connectivity index (χ1n) is 9.48. The molecule has 0 rings (SSSR count). The molecule has 6 heteroatoms. The molecule has 0 spiro atoms. The Balaban J connectivity index is -0.0000000677. The van der Waals surface area contributed by atoms with Crippen LogP contribution in [0.1, 0.15) is 80.1 Å². The Labute approximate surface area is 168 Å². The molecule has 4 nitrogen and oxygen atoms in total. The maximum atomic E-state index is 9.58. The summed E-state index contributed by atoms with van der Waals surface area (Å²) in [4.78, 5) is 9.58. The van der Waals surface area contributed by atoms with Crippen molar-refractivity contribution in [3.05, 3.63) is 0 Å². The molecule has 0 fully saturated rings. The van der Waals surface area contributed by atoms with E-state index in [1.807, 2.05) is 0 Å². The van der Waals surface area contributed by atoms with Crippen LogP contribution in [0.25, 0.3) is 0 Å². The zero-order chi connectivity index (χ0) is 19.0. The molecule has 0 radical (unpaired) electrons. The van der Waals surface area contributed by atoms with Crippen LogP contribution in [0.2, 0.25) is 18.1 Å². The van der Waals surface area contributed by atoms with Crippen molar-refractivity contribution in [2.75, 3.05) is 19.8 Å². The number of aliphatic hydroxyl groups is 3. The van der Waals surface area contributed by atoms with Gasteiger partial charge in [0.2, 0.25) is 0 Å². The Bertz CT molecular complexity index is 143. The SMILES string of the molecule is CCCCO.CCCCO.CCCCO.CC[Si](O)(CC)CC.[Ti]. The van der Waals surface area contributed by atoms with E-state index in [0.717, 1.165) is 56.7 Å². The van der Waals surface area contributed by atoms with E-state index in [4.69, 9.17) is 15.3 Å². The van der Waals surface area contributed by atoms with Gasteiger partial charge in [-0.3, -0.25) is 0 Å². The summed E-state index contributed by atoms with van der Waals surface area (Å²) in [6.45, 7) is 13.4. The Morgan fingerprint density at radius 2 is 0.750 bits per heavy atom.